The molecule has 0 heterocycles. The Morgan fingerprint density at radius 2 is 2.18 bits per heavy atom. The Balaban J connectivity index is 3.21. The van der Waals surface area contributed by atoms with E-state index in [1.54, 1.807) is 13.0 Å². The Morgan fingerprint density at radius 3 is 2.73 bits per heavy atom. The highest BCUT2D eigenvalue weighted by Gasteiger charge is 2.04. The zero-order valence-electron chi connectivity index (χ0n) is 5.77. The van der Waals surface area contributed by atoms with E-state index in [1.807, 2.05) is 0 Å². The number of rotatable bonds is 1. The van der Waals surface area contributed by atoms with E-state index in [0.29, 0.717) is 12.0 Å². The summed E-state index contributed by atoms with van der Waals surface area (Å²) in [6.07, 6.45) is 0. The van der Waals surface area contributed by atoms with Crippen LogP contribution in [0.25, 0.3) is 0 Å². The van der Waals surface area contributed by atoms with Crippen molar-refractivity contribution in [3.8, 4) is 0 Å². The van der Waals surface area contributed by atoms with Gasteiger partial charge in [-0.1, -0.05) is 15.9 Å². The molecule has 60 valence electrons. The zero-order chi connectivity index (χ0) is 8.43. The van der Waals surface area contributed by atoms with Gasteiger partial charge in [-0.3, -0.25) is 0 Å². The second-order valence-electron chi connectivity index (χ2n) is 2.12. The number of hydrogen-bond donors (Lipinski definition) is 1. The summed E-state index contributed by atoms with van der Waals surface area (Å²) in [6.45, 7) is 1.79. The van der Waals surface area contributed by atoms with Crippen molar-refractivity contribution in [3.05, 3.63) is 28.0 Å². The maximum absolute atomic E-state index is 12.8. The number of halogens is 2. The lowest BCUT2D eigenvalue weighted by atomic mass is 10.2. The highest BCUT2D eigenvalue weighted by atomic mass is 79.9. The van der Waals surface area contributed by atoms with E-state index < -0.39 is 5.82 Å². The van der Waals surface area contributed by atoms with Gasteiger partial charge in [-0.05, 0) is 24.6 Å². The first-order valence-corrected chi connectivity index (χ1v) is 4.49. The first kappa shape index (κ1) is 9.03. The summed E-state index contributed by atoms with van der Waals surface area (Å²) in [7, 11) is 0. The van der Waals surface area contributed by atoms with Crippen molar-refractivity contribution in [3.63, 3.8) is 0 Å². The standard InChI is InChI=1S/C7H6BrFOS/c1-4-2-6(9)7(11-10)3-5(4)8/h2-3,10H,1H3. The highest BCUT2D eigenvalue weighted by Crippen LogP contribution is 2.25. The molecule has 0 spiro atoms. The largest absolute Gasteiger partial charge is 0.325 e. The molecule has 0 bridgehead atoms. The fraction of sp³-hybridized carbons (Fsp3) is 0.143. The lowest BCUT2D eigenvalue weighted by Crippen LogP contribution is -1.83. The van der Waals surface area contributed by atoms with Crippen LogP contribution in [0.5, 0.6) is 0 Å². The van der Waals surface area contributed by atoms with Gasteiger partial charge in [0.1, 0.15) is 5.82 Å². The molecule has 0 aliphatic rings. The van der Waals surface area contributed by atoms with Crippen molar-refractivity contribution in [1.29, 1.82) is 0 Å². The summed E-state index contributed by atoms with van der Waals surface area (Å²) in [5.41, 5.74) is 0.820. The lowest BCUT2D eigenvalue weighted by Gasteiger charge is -2.01. The van der Waals surface area contributed by atoms with Crippen LogP contribution >= 0.6 is 28.0 Å². The second-order valence-corrected chi connectivity index (χ2v) is 3.60. The first-order chi connectivity index (χ1) is 5.15. The van der Waals surface area contributed by atoms with Gasteiger partial charge in [0.05, 0.1) is 4.90 Å². The van der Waals surface area contributed by atoms with Crippen LogP contribution in [0.2, 0.25) is 0 Å². The molecular weight excluding hydrogens is 231 g/mol. The van der Waals surface area contributed by atoms with Crippen molar-refractivity contribution in [2.75, 3.05) is 0 Å². The fourth-order valence-electron chi connectivity index (χ4n) is 0.698. The molecule has 0 unspecified atom stereocenters. The van der Waals surface area contributed by atoms with Crippen LogP contribution in [0.1, 0.15) is 5.56 Å². The van der Waals surface area contributed by atoms with Crippen molar-refractivity contribution >= 4 is 28.0 Å². The smallest absolute Gasteiger partial charge is 0.139 e. The van der Waals surface area contributed by atoms with Crippen LogP contribution < -0.4 is 0 Å². The average Bonchev–Trinajstić information content (AvgIpc) is 1.97. The maximum Gasteiger partial charge on any atom is 0.139 e. The van der Waals surface area contributed by atoms with E-state index in [-0.39, 0.29) is 4.90 Å². The SMILES string of the molecule is Cc1cc(F)c(SO)cc1Br. The Bertz CT molecular complexity index is 277. The third-order valence-electron chi connectivity index (χ3n) is 1.31. The summed E-state index contributed by atoms with van der Waals surface area (Å²) in [6, 6.07) is 2.93. The van der Waals surface area contributed by atoms with Gasteiger partial charge in [-0.2, -0.15) is 0 Å². The van der Waals surface area contributed by atoms with Gasteiger partial charge in [-0.25, -0.2) is 4.39 Å². The Labute approximate surface area is 77.0 Å². The topological polar surface area (TPSA) is 20.2 Å². The molecule has 11 heavy (non-hydrogen) atoms. The Morgan fingerprint density at radius 1 is 1.55 bits per heavy atom. The molecule has 0 saturated heterocycles. The van der Waals surface area contributed by atoms with Gasteiger partial charge in [0, 0.05) is 16.5 Å². The highest BCUT2D eigenvalue weighted by molar-refractivity contribution is 9.10. The third-order valence-corrected chi connectivity index (χ3v) is 2.68. The predicted octanol–water partition coefficient (Wildman–Crippen LogP) is 3.46. The minimum atomic E-state index is -0.391. The second kappa shape index (κ2) is 3.56. The van der Waals surface area contributed by atoms with Crippen molar-refractivity contribution in [1.82, 2.24) is 0 Å². The fourth-order valence-corrected chi connectivity index (χ4v) is 1.51. The molecular formula is C7H6BrFOS. The van der Waals surface area contributed by atoms with Crippen LogP contribution in [0, 0.1) is 12.7 Å². The first-order valence-electron chi connectivity index (χ1n) is 2.92. The Hall–Kier alpha value is -0.0600. The molecule has 4 heteroatoms. The van der Waals surface area contributed by atoms with E-state index >= 15 is 0 Å². The van der Waals surface area contributed by atoms with Crippen LogP contribution in [0.15, 0.2) is 21.5 Å². The van der Waals surface area contributed by atoms with Crippen LogP contribution in [0.3, 0.4) is 0 Å². The van der Waals surface area contributed by atoms with E-state index in [9.17, 15) is 4.39 Å². The van der Waals surface area contributed by atoms with E-state index in [0.717, 1.165) is 10.0 Å². The van der Waals surface area contributed by atoms with Crippen molar-refractivity contribution in [2.24, 2.45) is 0 Å². The summed E-state index contributed by atoms with van der Waals surface area (Å²) in [5.74, 6) is -0.391. The molecule has 0 atom stereocenters. The molecule has 0 saturated carbocycles. The number of aryl methyl sites for hydroxylation is 1. The summed E-state index contributed by atoms with van der Waals surface area (Å²) in [4.78, 5) is 0.238. The molecule has 0 aliphatic heterocycles. The average molecular weight is 237 g/mol. The van der Waals surface area contributed by atoms with Crippen LogP contribution in [0.4, 0.5) is 4.39 Å². The Kier molecular flexibility index (Phi) is 2.92. The van der Waals surface area contributed by atoms with Crippen LogP contribution in [-0.4, -0.2) is 4.55 Å². The molecule has 0 fully saturated rings. The van der Waals surface area contributed by atoms with E-state index in [1.165, 1.54) is 6.07 Å². The van der Waals surface area contributed by atoms with Gasteiger partial charge in [0.15, 0.2) is 0 Å². The summed E-state index contributed by atoms with van der Waals surface area (Å²) < 4.78 is 22.2. The number of benzene rings is 1. The maximum atomic E-state index is 12.8. The van der Waals surface area contributed by atoms with Gasteiger partial charge < -0.3 is 4.55 Å². The molecule has 0 aromatic heterocycles. The van der Waals surface area contributed by atoms with Gasteiger partial charge in [-0.15, -0.1) is 0 Å². The molecule has 1 aromatic rings. The predicted molar refractivity (Wildman–Crippen MR) is 47.3 cm³/mol. The van der Waals surface area contributed by atoms with Crippen molar-refractivity contribution < 1.29 is 8.94 Å². The molecule has 1 rings (SSSR count). The third kappa shape index (κ3) is 1.95. The molecule has 0 amide bonds. The molecule has 1 nitrogen and oxygen atoms in total. The zero-order valence-corrected chi connectivity index (χ0v) is 8.17. The lowest BCUT2D eigenvalue weighted by molar-refractivity contribution is 0.589. The van der Waals surface area contributed by atoms with E-state index in [2.05, 4.69) is 15.9 Å². The molecule has 0 radical (unpaired) electrons. The normalized spacial score (nSPS) is 10.2. The monoisotopic (exact) mass is 236 g/mol. The van der Waals surface area contributed by atoms with Gasteiger partial charge >= 0.3 is 0 Å². The van der Waals surface area contributed by atoms with Crippen LogP contribution in [-0.2, 0) is 0 Å². The molecule has 1 aromatic carbocycles. The van der Waals surface area contributed by atoms with E-state index in [4.69, 9.17) is 4.55 Å². The summed E-state index contributed by atoms with van der Waals surface area (Å²) >= 11 is 3.64. The minimum absolute atomic E-state index is 0.238. The van der Waals surface area contributed by atoms with Crippen molar-refractivity contribution in [2.45, 2.75) is 11.8 Å². The molecule has 1 N–H and O–H groups in total. The van der Waals surface area contributed by atoms with Gasteiger partial charge in [0.2, 0.25) is 0 Å². The quantitative estimate of drug-likeness (QED) is 0.754. The summed E-state index contributed by atoms with van der Waals surface area (Å²) in [5, 5.41) is 0. The number of hydrogen-bond acceptors (Lipinski definition) is 2. The molecule has 0 aliphatic carbocycles. The minimum Gasteiger partial charge on any atom is -0.325 e. The van der Waals surface area contributed by atoms with Gasteiger partial charge in [0.25, 0.3) is 0 Å².